The molecule has 0 aromatic heterocycles. The number of hydrogen-bond acceptors (Lipinski definition) is 2. The van der Waals surface area contributed by atoms with Gasteiger partial charge >= 0.3 is 0 Å². The van der Waals surface area contributed by atoms with Gasteiger partial charge in [0.15, 0.2) is 0 Å². The van der Waals surface area contributed by atoms with Crippen LogP contribution in [0.1, 0.15) is 44.9 Å². The van der Waals surface area contributed by atoms with Crippen molar-refractivity contribution in [2.24, 2.45) is 5.92 Å². The molecule has 15 heavy (non-hydrogen) atoms. The predicted octanol–water partition coefficient (Wildman–Crippen LogP) is 2.85. The molecule has 1 fully saturated rings. The Bertz CT molecular complexity index is 219. The van der Waals surface area contributed by atoms with E-state index in [1.54, 1.807) is 0 Å². The Morgan fingerprint density at radius 1 is 1.40 bits per heavy atom. The van der Waals surface area contributed by atoms with Crippen LogP contribution in [0.5, 0.6) is 0 Å². The summed E-state index contributed by atoms with van der Waals surface area (Å²) < 4.78 is 5.74. The lowest BCUT2D eigenvalue weighted by molar-refractivity contribution is 0.162. The minimum atomic E-state index is 0.466. The van der Waals surface area contributed by atoms with E-state index >= 15 is 0 Å². The highest BCUT2D eigenvalue weighted by atomic mass is 16.5. The molecule has 2 rings (SSSR count). The van der Waals surface area contributed by atoms with Crippen LogP contribution in [0.2, 0.25) is 0 Å². The lowest BCUT2D eigenvalue weighted by Crippen LogP contribution is -2.31. The van der Waals surface area contributed by atoms with Crippen molar-refractivity contribution < 1.29 is 4.74 Å². The summed E-state index contributed by atoms with van der Waals surface area (Å²) in [7, 11) is 2.05. The smallest absolute Gasteiger partial charge is 0.109 e. The molecule has 0 spiro atoms. The molecular formula is C13H23NO. The van der Waals surface area contributed by atoms with Crippen LogP contribution in [0, 0.1) is 5.92 Å². The summed E-state index contributed by atoms with van der Waals surface area (Å²) in [6.45, 7) is 0.911. The number of hydrogen-bond donors (Lipinski definition) is 1. The number of allylic oxidation sites excluding steroid dienone is 1. The average molecular weight is 209 g/mol. The van der Waals surface area contributed by atoms with Gasteiger partial charge in [-0.05, 0) is 38.3 Å². The first kappa shape index (κ1) is 11.0. The molecule has 0 saturated heterocycles. The second-order valence-corrected chi connectivity index (χ2v) is 4.82. The van der Waals surface area contributed by atoms with Crippen LogP contribution in [0.15, 0.2) is 11.8 Å². The van der Waals surface area contributed by atoms with Gasteiger partial charge in [-0.2, -0.15) is 0 Å². The van der Waals surface area contributed by atoms with E-state index in [1.807, 2.05) is 0 Å². The van der Waals surface area contributed by atoms with Gasteiger partial charge in [-0.1, -0.05) is 25.7 Å². The number of ether oxygens (including phenoxy) is 1. The maximum atomic E-state index is 5.74. The fourth-order valence-corrected chi connectivity index (χ4v) is 2.78. The van der Waals surface area contributed by atoms with E-state index < -0.39 is 0 Å². The Morgan fingerprint density at radius 2 is 2.20 bits per heavy atom. The molecule has 0 aromatic rings. The topological polar surface area (TPSA) is 21.3 Å². The normalized spacial score (nSPS) is 24.7. The molecule has 0 amide bonds. The monoisotopic (exact) mass is 209 g/mol. The highest BCUT2D eigenvalue weighted by Crippen LogP contribution is 2.30. The van der Waals surface area contributed by atoms with Crippen molar-refractivity contribution >= 4 is 0 Å². The minimum absolute atomic E-state index is 0.466. The third kappa shape index (κ3) is 2.97. The Morgan fingerprint density at radius 3 is 2.80 bits per heavy atom. The summed E-state index contributed by atoms with van der Waals surface area (Å²) in [6, 6.07) is 0.466. The molecular weight excluding hydrogens is 186 g/mol. The molecule has 1 saturated carbocycles. The quantitative estimate of drug-likeness (QED) is 0.768. The summed E-state index contributed by atoms with van der Waals surface area (Å²) in [5, 5.41) is 3.41. The van der Waals surface area contributed by atoms with Crippen molar-refractivity contribution in [3.05, 3.63) is 11.8 Å². The Hall–Kier alpha value is -0.500. The van der Waals surface area contributed by atoms with Gasteiger partial charge in [0, 0.05) is 0 Å². The van der Waals surface area contributed by atoms with Crippen LogP contribution >= 0.6 is 0 Å². The van der Waals surface area contributed by atoms with E-state index in [0.717, 1.165) is 12.5 Å². The van der Waals surface area contributed by atoms with Crippen LogP contribution in [0.3, 0.4) is 0 Å². The van der Waals surface area contributed by atoms with Crippen LogP contribution in [0.25, 0.3) is 0 Å². The van der Waals surface area contributed by atoms with Gasteiger partial charge < -0.3 is 10.1 Å². The first-order valence-corrected chi connectivity index (χ1v) is 6.40. The Labute approximate surface area is 93.1 Å². The number of rotatable bonds is 4. The zero-order chi connectivity index (χ0) is 10.5. The molecule has 1 heterocycles. The molecule has 1 N–H and O–H groups in total. The zero-order valence-corrected chi connectivity index (χ0v) is 9.80. The molecule has 1 aliphatic carbocycles. The maximum absolute atomic E-state index is 5.74. The zero-order valence-electron chi connectivity index (χ0n) is 9.80. The van der Waals surface area contributed by atoms with Crippen molar-refractivity contribution in [3.8, 4) is 0 Å². The summed E-state index contributed by atoms with van der Waals surface area (Å²) in [4.78, 5) is 0. The second-order valence-electron chi connectivity index (χ2n) is 4.82. The fourth-order valence-electron chi connectivity index (χ4n) is 2.78. The predicted molar refractivity (Wildman–Crippen MR) is 62.7 cm³/mol. The molecule has 86 valence electrons. The Balaban J connectivity index is 1.87. The first-order chi connectivity index (χ1) is 7.40. The first-order valence-electron chi connectivity index (χ1n) is 6.40. The van der Waals surface area contributed by atoms with Gasteiger partial charge in [0.05, 0.1) is 12.6 Å². The van der Waals surface area contributed by atoms with Crippen molar-refractivity contribution in [2.45, 2.75) is 51.0 Å². The van der Waals surface area contributed by atoms with Gasteiger partial charge in [0.1, 0.15) is 5.76 Å². The van der Waals surface area contributed by atoms with Gasteiger partial charge in [-0.15, -0.1) is 0 Å². The molecule has 2 heteroatoms. The summed E-state index contributed by atoms with van der Waals surface area (Å²) in [5.41, 5.74) is 0. The van der Waals surface area contributed by atoms with E-state index in [1.165, 1.54) is 50.7 Å². The van der Waals surface area contributed by atoms with Gasteiger partial charge in [-0.25, -0.2) is 0 Å². The van der Waals surface area contributed by atoms with Crippen LogP contribution < -0.4 is 5.32 Å². The average Bonchev–Trinajstić information content (AvgIpc) is 2.80. The van der Waals surface area contributed by atoms with Crippen molar-refractivity contribution in [1.82, 2.24) is 5.32 Å². The maximum Gasteiger partial charge on any atom is 0.109 e. The lowest BCUT2D eigenvalue weighted by Gasteiger charge is -2.25. The SMILES string of the molecule is CNC(CC1CCCC1)C1=CCCCO1. The second kappa shape index (κ2) is 5.55. The van der Waals surface area contributed by atoms with Crippen molar-refractivity contribution in [1.29, 1.82) is 0 Å². The fraction of sp³-hybridized carbons (Fsp3) is 0.846. The largest absolute Gasteiger partial charge is 0.497 e. The molecule has 1 atom stereocenters. The van der Waals surface area contributed by atoms with Gasteiger partial charge in [-0.3, -0.25) is 0 Å². The third-order valence-corrected chi connectivity index (χ3v) is 3.70. The number of likely N-dealkylation sites (N-methyl/N-ethyl adjacent to an activating group) is 1. The van der Waals surface area contributed by atoms with Crippen LogP contribution in [-0.2, 0) is 4.74 Å². The van der Waals surface area contributed by atoms with E-state index in [4.69, 9.17) is 4.74 Å². The molecule has 0 bridgehead atoms. The molecule has 0 aromatic carbocycles. The summed E-state index contributed by atoms with van der Waals surface area (Å²) >= 11 is 0. The van der Waals surface area contributed by atoms with Crippen LogP contribution in [0.4, 0.5) is 0 Å². The van der Waals surface area contributed by atoms with Crippen molar-refractivity contribution in [2.75, 3.05) is 13.7 Å². The van der Waals surface area contributed by atoms with Crippen molar-refractivity contribution in [3.63, 3.8) is 0 Å². The molecule has 1 aliphatic heterocycles. The summed E-state index contributed by atoms with van der Waals surface area (Å²) in [5.74, 6) is 2.13. The van der Waals surface area contributed by atoms with Gasteiger partial charge in [0.25, 0.3) is 0 Å². The molecule has 1 unspecified atom stereocenters. The highest BCUT2D eigenvalue weighted by Gasteiger charge is 2.23. The third-order valence-electron chi connectivity index (χ3n) is 3.70. The van der Waals surface area contributed by atoms with E-state index in [-0.39, 0.29) is 0 Å². The van der Waals surface area contributed by atoms with Gasteiger partial charge in [0.2, 0.25) is 0 Å². The van der Waals surface area contributed by atoms with E-state index in [9.17, 15) is 0 Å². The highest BCUT2D eigenvalue weighted by molar-refractivity contribution is 5.05. The Kier molecular flexibility index (Phi) is 4.07. The minimum Gasteiger partial charge on any atom is -0.497 e. The molecule has 0 radical (unpaired) electrons. The molecule has 2 aliphatic rings. The lowest BCUT2D eigenvalue weighted by atomic mass is 9.96. The number of nitrogens with one attached hydrogen (secondary N) is 1. The standard InChI is InChI=1S/C13H23NO/c1-14-12(10-11-6-2-3-7-11)13-8-4-5-9-15-13/h8,11-12,14H,2-7,9-10H2,1H3. The van der Waals surface area contributed by atoms with E-state index in [2.05, 4.69) is 18.4 Å². The van der Waals surface area contributed by atoms with E-state index in [0.29, 0.717) is 6.04 Å². The molecule has 2 nitrogen and oxygen atoms in total. The summed E-state index contributed by atoms with van der Waals surface area (Å²) in [6.07, 6.45) is 11.6. The van der Waals surface area contributed by atoms with Crippen LogP contribution in [-0.4, -0.2) is 19.7 Å².